The molecule has 0 bridgehead atoms. The fourth-order valence-corrected chi connectivity index (χ4v) is 5.39. The highest BCUT2D eigenvalue weighted by Crippen LogP contribution is 2.51. The summed E-state index contributed by atoms with van der Waals surface area (Å²) in [5.74, 6) is -5.53. The van der Waals surface area contributed by atoms with Crippen LogP contribution in [0.15, 0.2) is 35.1 Å². The number of aliphatic hydroxyl groups is 3. The van der Waals surface area contributed by atoms with Crippen LogP contribution in [-0.4, -0.2) is 63.4 Å². The van der Waals surface area contributed by atoms with Crippen molar-refractivity contribution in [1.29, 1.82) is 0 Å². The van der Waals surface area contributed by atoms with Crippen molar-refractivity contribution in [3.05, 3.63) is 51.8 Å². The second-order valence-corrected chi connectivity index (χ2v) is 8.57. The van der Waals surface area contributed by atoms with Gasteiger partial charge in [-0.2, -0.15) is 0 Å². The van der Waals surface area contributed by atoms with E-state index < -0.39 is 52.3 Å². The monoisotopic (exact) mass is 412 g/mol. The Balaban J connectivity index is 1.98. The highest BCUT2D eigenvalue weighted by atomic mass is 16.3. The average Bonchev–Trinajstić information content (AvgIpc) is 2.64. The number of nitrogens with zero attached hydrogens (tertiary/aromatic N) is 1. The van der Waals surface area contributed by atoms with Gasteiger partial charge in [0.15, 0.2) is 11.4 Å². The van der Waals surface area contributed by atoms with E-state index in [0.29, 0.717) is 12.0 Å². The van der Waals surface area contributed by atoms with E-state index in [4.69, 9.17) is 5.73 Å². The molecular formula is C22H24N2O6. The van der Waals surface area contributed by atoms with Gasteiger partial charge >= 0.3 is 0 Å². The molecule has 1 aromatic rings. The first kappa shape index (κ1) is 20.3. The fraction of sp³-hybridized carbons (Fsp3) is 0.409. The zero-order valence-corrected chi connectivity index (χ0v) is 17.0. The Morgan fingerprint density at radius 2 is 1.90 bits per heavy atom. The minimum atomic E-state index is -2.52. The van der Waals surface area contributed by atoms with Crippen molar-refractivity contribution in [1.82, 2.24) is 4.90 Å². The summed E-state index contributed by atoms with van der Waals surface area (Å²) in [5, 5.41) is 33.2. The molecule has 4 atom stereocenters. The summed E-state index contributed by atoms with van der Waals surface area (Å²) < 4.78 is 0. The van der Waals surface area contributed by atoms with Crippen molar-refractivity contribution in [2.45, 2.75) is 31.4 Å². The third-order valence-corrected chi connectivity index (χ3v) is 6.69. The van der Waals surface area contributed by atoms with Crippen LogP contribution in [0.25, 0.3) is 5.76 Å². The summed E-state index contributed by atoms with van der Waals surface area (Å²) in [6.07, 6.45) is 0.621. The van der Waals surface area contributed by atoms with E-state index in [1.165, 1.54) is 4.90 Å². The Kier molecular flexibility index (Phi) is 4.41. The molecule has 8 heteroatoms. The Hall–Kier alpha value is -2.97. The summed E-state index contributed by atoms with van der Waals surface area (Å²) in [6.45, 7) is 1.81. The fourth-order valence-electron chi connectivity index (χ4n) is 5.39. The first-order valence-electron chi connectivity index (χ1n) is 9.75. The summed E-state index contributed by atoms with van der Waals surface area (Å²) in [6, 6.07) is 4.52. The zero-order valence-electron chi connectivity index (χ0n) is 17.0. The van der Waals surface area contributed by atoms with Crippen LogP contribution in [0.3, 0.4) is 0 Å². The van der Waals surface area contributed by atoms with Gasteiger partial charge < -0.3 is 21.1 Å². The van der Waals surface area contributed by atoms with Crippen molar-refractivity contribution in [3.63, 3.8) is 0 Å². The normalized spacial score (nSPS) is 30.9. The van der Waals surface area contributed by atoms with Crippen LogP contribution in [0.1, 0.15) is 23.1 Å². The molecule has 8 nitrogen and oxygen atoms in total. The number of aliphatic hydroxyl groups excluding tert-OH is 2. The van der Waals surface area contributed by atoms with Crippen LogP contribution in [0.4, 0.5) is 0 Å². The average molecular weight is 412 g/mol. The largest absolute Gasteiger partial charge is 0.508 e. The summed E-state index contributed by atoms with van der Waals surface area (Å²) in [7, 11) is 3.19. The lowest BCUT2D eigenvalue weighted by Crippen LogP contribution is -2.65. The van der Waals surface area contributed by atoms with Gasteiger partial charge in [-0.25, -0.2) is 0 Å². The van der Waals surface area contributed by atoms with Gasteiger partial charge in [-0.15, -0.1) is 0 Å². The highest BCUT2D eigenvalue weighted by Gasteiger charge is 2.64. The number of ketones is 2. The lowest BCUT2D eigenvalue weighted by atomic mass is 9.57. The van der Waals surface area contributed by atoms with Crippen molar-refractivity contribution in [2.75, 3.05) is 14.1 Å². The predicted molar refractivity (Wildman–Crippen MR) is 107 cm³/mol. The molecule has 158 valence electrons. The van der Waals surface area contributed by atoms with Gasteiger partial charge in [0.25, 0.3) is 5.91 Å². The van der Waals surface area contributed by atoms with Gasteiger partial charge in [0.1, 0.15) is 17.1 Å². The number of carbonyl (C=O) groups is 3. The van der Waals surface area contributed by atoms with Crippen molar-refractivity contribution >= 4 is 23.2 Å². The number of Topliss-reactive ketones (excluding diaryl/α,β-unsaturated/α-hetero) is 2. The maximum atomic E-state index is 13.6. The molecule has 1 fully saturated rings. The number of hydrogen-bond donors (Lipinski definition) is 4. The number of likely N-dealkylation sites (N-methyl/N-ethyl adjacent to an activating group) is 1. The van der Waals surface area contributed by atoms with E-state index in [1.807, 2.05) is 25.1 Å². The number of fused-ring (bicyclic) bond motifs is 3. The molecule has 5 N–H and O–H groups in total. The van der Waals surface area contributed by atoms with Crippen LogP contribution in [-0.2, 0) is 20.8 Å². The summed E-state index contributed by atoms with van der Waals surface area (Å²) in [4.78, 5) is 39.9. The topological polar surface area (TPSA) is 141 Å². The second-order valence-electron chi connectivity index (χ2n) is 8.57. The van der Waals surface area contributed by atoms with E-state index in [2.05, 4.69) is 0 Å². The van der Waals surface area contributed by atoms with E-state index in [9.17, 15) is 29.7 Å². The third-order valence-electron chi connectivity index (χ3n) is 6.69. The van der Waals surface area contributed by atoms with Gasteiger partial charge in [0.05, 0.1) is 6.04 Å². The minimum absolute atomic E-state index is 0.0118. The first-order valence-corrected chi connectivity index (χ1v) is 9.75. The molecule has 30 heavy (non-hydrogen) atoms. The molecule has 0 aromatic heterocycles. The maximum absolute atomic E-state index is 13.6. The molecule has 3 aliphatic carbocycles. The van der Waals surface area contributed by atoms with E-state index in [1.54, 1.807) is 14.1 Å². The van der Waals surface area contributed by atoms with Gasteiger partial charge in [-0.05, 0) is 50.9 Å². The minimum Gasteiger partial charge on any atom is -0.508 e. The van der Waals surface area contributed by atoms with Crippen LogP contribution < -0.4 is 5.73 Å². The van der Waals surface area contributed by atoms with E-state index in [-0.39, 0.29) is 17.8 Å². The molecule has 0 aliphatic heterocycles. The molecular weight excluding hydrogens is 388 g/mol. The quantitative estimate of drug-likeness (QED) is 0.520. The molecule has 0 spiro atoms. The maximum Gasteiger partial charge on any atom is 0.255 e. The Labute approximate surface area is 173 Å². The number of aryl methyl sites for hydroxylation is 1. The summed E-state index contributed by atoms with van der Waals surface area (Å²) >= 11 is 0. The standard InChI is InChI=1S/C22H24N2O6/c1-9-5-4-6-10-7-11-8-12-16(24(2)3)18(26)15(21(23)29)20(28)22(12,30)19(27)14(11)17(25)13(9)10/h4-6,11-12,16,25,28,30H,7-8H2,1-3H3,(H2,23,29)/t11-,12-,16-,22-/m0/s1. The van der Waals surface area contributed by atoms with Crippen LogP contribution in [0.2, 0.25) is 0 Å². The van der Waals surface area contributed by atoms with Crippen molar-refractivity contribution < 1.29 is 29.7 Å². The Morgan fingerprint density at radius 1 is 1.23 bits per heavy atom. The number of nitrogens with two attached hydrogens (primary N) is 1. The number of hydrogen-bond acceptors (Lipinski definition) is 7. The lowest BCUT2D eigenvalue weighted by molar-refractivity contribution is -0.153. The summed E-state index contributed by atoms with van der Waals surface area (Å²) in [5.41, 5.74) is 4.21. The van der Waals surface area contributed by atoms with Gasteiger partial charge in [0, 0.05) is 17.1 Å². The molecule has 4 rings (SSSR count). The van der Waals surface area contributed by atoms with Crippen LogP contribution in [0, 0.1) is 18.8 Å². The molecule has 1 aromatic carbocycles. The van der Waals surface area contributed by atoms with Gasteiger partial charge in [-0.3, -0.25) is 19.3 Å². The molecule has 0 radical (unpaired) electrons. The smallest absolute Gasteiger partial charge is 0.255 e. The highest BCUT2D eigenvalue weighted by molar-refractivity contribution is 6.24. The third kappa shape index (κ3) is 2.44. The van der Waals surface area contributed by atoms with E-state index >= 15 is 0 Å². The van der Waals surface area contributed by atoms with Crippen LogP contribution >= 0.6 is 0 Å². The van der Waals surface area contributed by atoms with Crippen LogP contribution in [0.5, 0.6) is 0 Å². The molecule has 0 saturated heterocycles. The molecule has 1 amide bonds. The predicted octanol–water partition coefficient (Wildman–Crippen LogP) is 0.567. The first-order chi connectivity index (χ1) is 14.0. The Bertz CT molecular complexity index is 1070. The molecule has 0 unspecified atom stereocenters. The van der Waals surface area contributed by atoms with Crippen molar-refractivity contribution in [2.24, 2.45) is 17.6 Å². The van der Waals surface area contributed by atoms with E-state index in [0.717, 1.165) is 11.1 Å². The number of primary amides is 1. The second kappa shape index (κ2) is 6.52. The Morgan fingerprint density at radius 3 is 2.50 bits per heavy atom. The number of benzene rings is 1. The molecule has 1 saturated carbocycles. The zero-order chi connectivity index (χ0) is 22.1. The number of rotatable bonds is 2. The SMILES string of the molecule is Cc1cccc2c1C(O)=C1C(=O)[C@]3(O)C(O)=C(C(N)=O)C(=O)[C@@H](N(C)C)[C@@H]3C[C@@H]1C2. The number of carbonyl (C=O) groups excluding carboxylic acids is 3. The van der Waals surface area contributed by atoms with Gasteiger partial charge in [-0.1, -0.05) is 18.2 Å². The lowest BCUT2D eigenvalue weighted by Gasteiger charge is -2.50. The van der Waals surface area contributed by atoms with Gasteiger partial charge in [0.2, 0.25) is 5.78 Å². The van der Waals surface area contributed by atoms with Crippen molar-refractivity contribution in [3.8, 4) is 0 Å². The number of amides is 1. The molecule has 3 aliphatic rings. The molecule has 0 heterocycles.